The number of nitrogen functional groups attached to an aromatic ring is 1. The number of aliphatic hydroxyl groups excluding tert-OH is 2. The van der Waals surface area contributed by atoms with Gasteiger partial charge in [-0.1, -0.05) is 18.2 Å². The second kappa shape index (κ2) is 2.87. The first-order valence-electron chi connectivity index (χ1n) is 4.12. The van der Waals surface area contributed by atoms with Crippen LogP contribution >= 0.6 is 0 Å². The topological polar surface area (TPSA) is 66.5 Å². The zero-order valence-corrected chi connectivity index (χ0v) is 7.01. The van der Waals surface area contributed by atoms with E-state index in [4.69, 9.17) is 5.73 Å². The molecule has 0 radical (unpaired) electrons. The normalized spacial score (nSPS) is 25.7. The van der Waals surface area contributed by atoms with Gasteiger partial charge in [0.25, 0.3) is 0 Å². The molecule has 0 saturated carbocycles. The average molecular weight is 177 g/mol. The molecule has 3 nitrogen and oxygen atoms in total. The van der Waals surface area contributed by atoms with Crippen molar-refractivity contribution in [3.63, 3.8) is 0 Å². The molecule has 68 valence electrons. The van der Waals surface area contributed by atoms with Crippen molar-refractivity contribution < 1.29 is 10.2 Å². The van der Waals surface area contributed by atoms with Gasteiger partial charge in [0.2, 0.25) is 0 Å². The molecule has 1 aliphatic rings. The van der Waals surface area contributed by atoms with Gasteiger partial charge in [-0.3, -0.25) is 0 Å². The van der Waals surface area contributed by atoms with Gasteiger partial charge in [0, 0.05) is 5.69 Å². The van der Waals surface area contributed by atoms with Gasteiger partial charge in [0.05, 0.1) is 0 Å². The molecular formula is C10H11NO2. The quantitative estimate of drug-likeness (QED) is 0.511. The van der Waals surface area contributed by atoms with Gasteiger partial charge in [-0.2, -0.15) is 0 Å². The number of hydrogen-bond donors (Lipinski definition) is 3. The average Bonchev–Trinajstić information content (AvgIpc) is 2.12. The fourth-order valence-electron chi connectivity index (χ4n) is 1.50. The molecule has 13 heavy (non-hydrogen) atoms. The summed E-state index contributed by atoms with van der Waals surface area (Å²) < 4.78 is 0. The lowest BCUT2D eigenvalue weighted by Gasteiger charge is -2.21. The smallest absolute Gasteiger partial charge is 0.109 e. The third-order valence-corrected chi connectivity index (χ3v) is 2.23. The highest BCUT2D eigenvalue weighted by Crippen LogP contribution is 2.29. The maximum absolute atomic E-state index is 9.58. The molecule has 0 aromatic heterocycles. The molecule has 3 heteroatoms. The summed E-state index contributed by atoms with van der Waals surface area (Å²) in [6.45, 7) is 0. The van der Waals surface area contributed by atoms with Gasteiger partial charge in [-0.25, -0.2) is 0 Å². The Morgan fingerprint density at radius 2 is 2.00 bits per heavy atom. The predicted octanol–water partition coefficient (Wildman–Crippen LogP) is 0.690. The van der Waals surface area contributed by atoms with Gasteiger partial charge >= 0.3 is 0 Å². The highest BCUT2D eigenvalue weighted by atomic mass is 16.3. The van der Waals surface area contributed by atoms with Crippen molar-refractivity contribution in [2.75, 3.05) is 5.73 Å². The number of aliphatic hydroxyl groups is 2. The van der Waals surface area contributed by atoms with Crippen LogP contribution in [0.5, 0.6) is 0 Å². The van der Waals surface area contributed by atoms with Crippen molar-refractivity contribution >= 4 is 11.8 Å². The Kier molecular flexibility index (Phi) is 1.83. The summed E-state index contributed by atoms with van der Waals surface area (Å²) in [4.78, 5) is 0. The molecule has 0 fully saturated rings. The van der Waals surface area contributed by atoms with Crippen molar-refractivity contribution in [2.45, 2.75) is 12.2 Å². The van der Waals surface area contributed by atoms with Crippen LogP contribution in [0.4, 0.5) is 5.69 Å². The Labute approximate surface area is 76.1 Å². The summed E-state index contributed by atoms with van der Waals surface area (Å²) >= 11 is 0. The number of fused-ring (bicyclic) bond motifs is 1. The van der Waals surface area contributed by atoms with Crippen molar-refractivity contribution in [2.24, 2.45) is 0 Å². The number of nitrogens with two attached hydrogens (primary N) is 1. The van der Waals surface area contributed by atoms with Gasteiger partial charge in [0.15, 0.2) is 0 Å². The number of hydrogen-bond acceptors (Lipinski definition) is 3. The molecule has 2 unspecified atom stereocenters. The molecule has 4 N–H and O–H groups in total. The molecule has 1 aliphatic carbocycles. The molecule has 0 amide bonds. The van der Waals surface area contributed by atoms with Crippen LogP contribution in [0.25, 0.3) is 6.08 Å². The molecule has 0 bridgehead atoms. The summed E-state index contributed by atoms with van der Waals surface area (Å²) in [5.41, 5.74) is 7.84. The fourth-order valence-corrected chi connectivity index (χ4v) is 1.50. The highest BCUT2D eigenvalue weighted by molar-refractivity contribution is 5.62. The van der Waals surface area contributed by atoms with Crippen LogP contribution in [-0.4, -0.2) is 16.3 Å². The third-order valence-electron chi connectivity index (χ3n) is 2.23. The zero-order chi connectivity index (χ0) is 9.42. The van der Waals surface area contributed by atoms with E-state index in [9.17, 15) is 10.2 Å². The van der Waals surface area contributed by atoms with E-state index in [1.165, 1.54) is 0 Å². The standard InChI is InChI=1S/C10H11NO2/c11-7-2-3-8-6(5-7)1-4-9(12)10(8)13/h1-5,9-10,12-13H,11H2. The molecule has 0 spiro atoms. The first kappa shape index (κ1) is 8.29. The minimum absolute atomic E-state index is 0.659. The van der Waals surface area contributed by atoms with Gasteiger partial charge < -0.3 is 15.9 Å². The monoisotopic (exact) mass is 177 g/mol. The number of anilines is 1. The first-order valence-corrected chi connectivity index (χ1v) is 4.12. The minimum atomic E-state index is -0.833. The van der Waals surface area contributed by atoms with Crippen molar-refractivity contribution in [3.8, 4) is 0 Å². The predicted molar refractivity (Wildman–Crippen MR) is 50.9 cm³/mol. The van der Waals surface area contributed by atoms with Crippen molar-refractivity contribution in [3.05, 3.63) is 35.4 Å². The van der Waals surface area contributed by atoms with E-state index in [0.717, 1.165) is 11.1 Å². The Morgan fingerprint density at radius 1 is 1.23 bits per heavy atom. The molecule has 1 aromatic carbocycles. The van der Waals surface area contributed by atoms with Crippen LogP contribution in [0.15, 0.2) is 24.3 Å². The molecule has 0 saturated heterocycles. The van der Waals surface area contributed by atoms with E-state index < -0.39 is 12.2 Å². The number of benzene rings is 1. The largest absolute Gasteiger partial charge is 0.399 e. The Morgan fingerprint density at radius 3 is 2.77 bits per heavy atom. The molecule has 1 aromatic rings. The second-order valence-electron chi connectivity index (χ2n) is 3.18. The fraction of sp³-hybridized carbons (Fsp3) is 0.200. The van der Waals surface area contributed by atoms with Crippen LogP contribution in [0.1, 0.15) is 17.2 Å². The van der Waals surface area contributed by atoms with Gasteiger partial charge in [0.1, 0.15) is 12.2 Å². The summed E-state index contributed by atoms with van der Waals surface area (Å²) in [7, 11) is 0. The lowest BCUT2D eigenvalue weighted by Crippen LogP contribution is -2.19. The van der Waals surface area contributed by atoms with Crippen LogP contribution < -0.4 is 5.73 Å². The Hall–Kier alpha value is -1.32. The van der Waals surface area contributed by atoms with Crippen LogP contribution in [0, 0.1) is 0 Å². The van der Waals surface area contributed by atoms with Crippen LogP contribution in [-0.2, 0) is 0 Å². The summed E-state index contributed by atoms with van der Waals surface area (Å²) in [5.74, 6) is 0. The zero-order valence-electron chi connectivity index (χ0n) is 7.01. The van der Waals surface area contributed by atoms with E-state index in [1.54, 1.807) is 30.4 Å². The lowest BCUT2D eigenvalue weighted by atomic mass is 9.93. The summed E-state index contributed by atoms with van der Waals surface area (Å²) in [6.07, 6.45) is 1.69. The van der Waals surface area contributed by atoms with E-state index >= 15 is 0 Å². The lowest BCUT2D eigenvalue weighted by molar-refractivity contribution is 0.0470. The molecule has 0 aliphatic heterocycles. The Balaban J connectivity index is 2.52. The summed E-state index contributed by atoms with van der Waals surface area (Å²) in [5, 5.41) is 18.9. The summed E-state index contributed by atoms with van der Waals surface area (Å²) in [6, 6.07) is 5.23. The highest BCUT2D eigenvalue weighted by Gasteiger charge is 2.21. The molecule has 0 heterocycles. The third kappa shape index (κ3) is 1.32. The van der Waals surface area contributed by atoms with Crippen molar-refractivity contribution in [1.82, 2.24) is 0 Å². The molecule has 2 rings (SSSR count). The van der Waals surface area contributed by atoms with Crippen molar-refractivity contribution in [1.29, 1.82) is 0 Å². The van der Waals surface area contributed by atoms with Gasteiger partial charge in [-0.15, -0.1) is 0 Å². The first-order chi connectivity index (χ1) is 6.18. The minimum Gasteiger partial charge on any atom is -0.399 e. The number of rotatable bonds is 0. The van der Waals surface area contributed by atoms with E-state index in [0.29, 0.717) is 5.69 Å². The maximum atomic E-state index is 9.58. The Bertz CT molecular complexity index is 360. The van der Waals surface area contributed by atoms with E-state index in [2.05, 4.69) is 0 Å². The maximum Gasteiger partial charge on any atom is 0.109 e. The SMILES string of the molecule is Nc1ccc2c(c1)C=CC(O)C2O. The second-order valence-corrected chi connectivity index (χ2v) is 3.18. The van der Waals surface area contributed by atoms with Crippen LogP contribution in [0.2, 0.25) is 0 Å². The van der Waals surface area contributed by atoms with E-state index in [1.807, 2.05) is 0 Å². The van der Waals surface area contributed by atoms with E-state index in [-0.39, 0.29) is 0 Å². The molecule has 2 atom stereocenters. The van der Waals surface area contributed by atoms with Gasteiger partial charge in [-0.05, 0) is 23.3 Å². The molecular weight excluding hydrogens is 166 g/mol. The van der Waals surface area contributed by atoms with Crippen LogP contribution in [0.3, 0.4) is 0 Å².